The summed E-state index contributed by atoms with van der Waals surface area (Å²) in [5.74, 6) is 1.03. The van der Waals surface area contributed by atoms with Crippen molar-refractivity contribution in [1.29, 1.82) is 0 Å². The van der Waals surface area contributed by atoms with Gasteiger partial charge in [-0.15, -0.1) is 10.2 Å². The van der Waals surface area contributed by atoms with Gasteiger partial charge in [0.2, 0.25) is 5.13 Å². The zero-order chi connectivity index (χ0) is 18.2. The first-order valence-corrected chi connectivity index (χ1v) is 10.5. The molecule has 0 aliphatic carbocycles. The summed E-state index contributed by atoms with van der Waals surface area (Å²) in [6, 6.07) is 3.08. The van der Waals surface area contributed by atoms with E-state index in [9.17, 15) is 4.79 Å². The third-order valence-electron chi connectivity index (χ3n) is 3.06. The predicted molar refractivity (Wildman–Crippen MR) is 106 cm³/mol. The Morgan fingerprint density at radius 1 is 1.24 bits per heavy atom. The van der Waals surface area contributed by atoms with Crippen molar-refractivity contribution in [2.24, 2.45) is 0 Å². The van der Waals surface area contributed by atoms with E-state index in [2.05, 4.69) is 29.4 Å². The van der Waals surface area contributed by atoms with E-state index in [1.54, 1.807) is 11.8 Å². The van der Waals surface area contributed by atoms with E-state index in [-0.39, 0.29) is 5.91 Å². The highest BCUT2D eigenvalue weighted by molar-refractivity contribution is 8.01. The second kappa shape index (κ2) is 10.2. The Bertz CT molecular complexity index is 702. The first-order chi connectivity index (χ1) is 12.0. The maximum atomic E-state index is 12.4. The summed E-state index contributed by atoms with van der Waals surface area (Å²) in [7, 11) is 0. The van der Waals surface area contributed by atoms with Crippen molar-refractivity contribution in [1.82, 2.24) is 10.2 Å². The summed E-state index contributed by atoms with van der Waals surface area (Å²) in [6.45, 7) is 4.70. The van der Waals surface area contributed by atoms with Crippen LogP contribution in [0.1, 0.15) is 43.5 Å². The fraction of sp³-hybridized carbons (Fsp3) is 0.438. The van der Waals surface area contributed by atoms with Gasteiger partial charge >= 0.3 is 0 Å². The zero-order valence-corrected chi connectivity index (χ0v) is 17.1. The number of aromatic nitrogens is 2. The molecule has 1 amide bonds. The number of anilines is 1. The van der Waals surface area contributed by atoms with Crippen LogP contribution in [0, 0.1) is 0 Å². The van der Waals surface area contributed by atoms with Gasteiger partial charge in [0.05, 0.1) is 16.7 Å². The first kappa shape index (κ1) is 20.3. The standard InChI is InChI=1S/C16H19Cl2N3O2S2/c1-3-5-6-23-13-11(17)8-10(9-12(13)18)14(22)19-15-20-21-16(25-15)24-7-4-2/h8-9H,3-7H2,1-2H3,(H,19,20,22). The van der Waals surface area contributed by atoms with Crippen molar-refractivity contribution < 1.29 is 9.53 Å². The van der Waals surface area contributed by atoms with Crippen LogP contribution >= 0.6 is 46.3 Å². The molecule has 0 aliphatic rings. The van der Waals surface area contributed by atoms with E-state index in [0.717, 1.165) is 29.4 Å². The van der Waals surface area contributed by atoms with Crippen LogP contribution in [-0.2, 0) is 0 Å². The lowest BCUT2D eigenvalue weighted by atomic mass is 10.2. The number of rotatable bonds is 9. The first-order valence-electron chi connectivity index (χ1n) is 7.94. The number of amides is 1. The number of carbonyl (C=O) groups is 1. The molecule has 0 aliphatic heterocycles. The quantitative estimate of drug-likeness (QED) is 0.317. The molecule has 5 nitrogen and oxygen atoms in total. The van der Waals surface area contributed by atoms with Crippen molar-refractivity contribution in [2.45, 2.75) is 37.4 Å². The molecule has 0 saturated carbocycles. The van der Waals surface area contributed by atoms with Gasteiger partial charge in [0.1, 0.15) is 0 Å². The van der Waals surface area contributed by atoms with Gasteiger partial charge in [-0.25, -0.2) is 0 Å². The number of benzene rings is 1. The van der Waals surface area contributed by atoms with Gasteiger partial charge in [-0.05, 0) is 25.0 Å². The smallest absolute Gasteiger partial charge is 0.257 e. The Morgan fingerprint density at radius 3 is 2.60 bits per heavy atom. The van der Waals surface area contributed by atoms with Crippen LogP contribution in [0.15, 0.2) is 16.5 Å². The molecule has 25 heavy (non-hydrogen) atoms. The van der Waals surface area contributed by atoms with Crippen LogP contribution in [0.5, 0.6) is 5.75 Å². The van der Waals surface area contributed by atoms with Crippen LogP contribution in [-0.4, -0.2) is 28.5 Å². The summed E-state index contributed by atoms with van der Waals surface area (Å²) in [4.78, 5) is 12.4. The fourth-order valence-corrected chi connectivity index (χ4v) is 4.09. The van der Waals surface area contributed by atoms with Gasteiger partial charge in [0.15, 0.2) is 10.1 Å². The lowest BCUT2D eigenvalue weighted by Gasteiger charge is -2.11. The summed E-state index contributed by atoms with van der Waals surface area (Å²) in [5.41, 5.74) is 0.343. The maximum absolute atomic E-state index is 12.4. The Balaban J connectivity index is 2.05. The number of hydrogen-bond donors (Lipinski definition) is 1. The van der Waals surface area contributed by atoms with Crippen molar-refractivity contribution in [3.05, 3.63) is 27.7 Å². The summed E-state index contributed by atoms with van der Waals surface area (Å²) >= 11 is 15.4. The molecule has 1 aromatic carbocycles. The highest BCUT2D eigenvalue weighted by atomic mass is 35.5. The normalized spacial score (nSPS) is 10.7. The van der Waals surface area contributed by atoms with E-state index in [0.29, 0.717) is 33.1 Å². The van der Waals surface area contributed by atoms with Crippen LogP contribution in [0.3, 0.4) is 0 Å². The molecule has 1 heterocycles. The molecule has 1 aromatic heterocycles. The molecular weight excluding hydrogens is 401 g/mol. The number of carbonyl (C=O) groups excluding carboxylic acids is 1. The topological polar surface area (TPSA) is 64.1 Å². The number of ether oxygens (including phenoxy) is 1. The molecule has 2 aromatic rings. The van der Waals surface area contributed by atoms with Gasteiger partial charge in [0.25, 0.3) is 5.91 Å². The number of thioether (sulfide) groups is 1. The fourth-order valence-electron chi connectivity index (χ4n) is 1.82. The van der Waals surface area contributed by atoms with Crippen LogP contribution in [0.4, 0.5) is 5.13 Å². The molecule has 0 saturated heterocycles. The van der Waals surface area contributed by atoms with Crippen LogP contribution in [0.2, 0.25) is 10.0 Å². The van der Waals surface area contributed by atoms with Gasteiger partial charge < -0.3 is 4.74 Å². The maximum Gasteiger partial charge on any atom is 0.257 e. The highest BCUT2D eigenvalue weighted by Crippen LogP contribution is 2.35. The van der Waals surface area contributed by atoms with E-state index in [1.807, 2.05) is 0 Å². The van der Waals surface area contributed by atoms with E-state index in [1.165, 1.54) is 23.5 Å². The van der Waals surface area contributed by atoms with E-state index >= 15 is 0 Å². The average molecular weight is 420 g/mol. The summed E-state index contributed by atoms with van der Waals surface area (Å²) in [6.07, 6.45) is 2.97. The van der Waals surface area contributed by atoms with Gasteiger partial charge in [0, 0.05) is 11.3 Å². The number of unbranched alkanes of at least 4 members (excludes halogenated alkanes) is 1. The third-order valence-corrected chi connectivity index (χ3v) is 5.80. The lowest BCUT2D eigenvalue weighted by Crippen LogP contribution is -2.12. The summed E-state index contributed by atoms with van der Waals surface area (Å²) < 4.78 is 6.41. The molecule has 0 unspecified atom stereocenters. The molecule has 0 radical (unpaired) electrons. The van der Waals surface area contributed by atoms with Crippen molar-refractivity contribution in [2.75, 3.05) is 17.7 Å². The molecule has 136 valence electrons. The largest absolute Gasteiger partial charge is 0.490 e. The molecule has 9 heteroatoms. The number of nitrogens with one attached hydrogen (secondary N) is 1. The van der Waals surface area contributed by atoms with Crippen LogP contribution < -0.4 is 10.1 Å². The minimum atomic E-state index is -0.341. The zero-order valence-electron chi connectivity index (χ0n) is 14.0. The Labute approximate surface area is 165 Å². The van der Waals surface area contributed by atoms with Crippen molar-refractivity contribution >= 4 is 57.3 Å². The number of hydrogen-bond acceptors (Lipinski definition) is 6. The minimum absolute atomic E-state index is 0.310. The molecule has 0 spiro atoms. The Kier molecular flexibility index (Phi) is 8.29. The highest BCUT2D eigenvalue weighted by Gasteiger charge is 2.16. The van der Waals surface area contributed by atoms with E-state index < -0.39 is 0 Å². The van der Waals surface area contributed by atoms with E-state index in [4.69, 9.17) is 27.9 Å². The van der Waals surface area contributed by atoms with Crippen LogP contribution in [0.25, 0.3) is 0 Å². The third kappa shape index (κ3) is 6.02. The predicted octanol–water partition coefficient (Wildman–Crippen LogP) is 5.78. The van der Waals surface area contributed by atoms with Crippen molar-refractivity contribution in [3.63, 3.8) is 0 Å². The number of halogens is 2. The monoisotopic (exact) mass is 419 g/mol. The minimum Gasteiger partial charge on any atom is -0.490 e. The average Bonchev–Trinajstić information content (AvgIpc) is 3.02. The Morgan fingerprint density at radius 2 is 1.96 bits per heavy atom. The molecule has 0 bridgehead atoms. The molecule has 0 atom stereocenters. The SMILES string of the molecule is CCCCOc1c(Cl)cc(C(=O)Nc2nnc(SCCC)s2)cc1Cl. The Hall–Kier alpha value is -1.02. The second-order valence-corrected chi connectivity index (χ2v) is 8.28. The summed E-state index contributed by atoms with van der Waals surface area (Å²) in [5, 5.41) is 11.8. The molecule has 0 fully saturated rings. The molecule has 2 rings (SSSR count). The van der Waals surface area contributed by atoms with Gasteiger partial charge in [-0.2, -0.15) is 0 Å². The van der Waals surface area contributed by atoms with Gasteiger partial charge in [-0.1, -0.05) is 66.6 Å². The van der Waals surface area contributed by atoms with Crippen molar-refractivity contribution in [3.8, 4) is 5.75 Å². The number of nitrogens with zero attached hydrogens (tertiary/aromatic N) is 2. The van der Waals surface area contributed by atoms with Gasteiger partial charge in [-0.3, -0.25) is 10.1 Å². The molecule has 1 N–H and O–H groups in total. The lowest BCUT2D eigenvalue weighted by molar-refractivity contribution is 0.102. The molecular formula is C16H19Cl2N3O2S2. The second-order valence-electron chi connectivity index (χ2n) is 5.15.